The number of benzene rings is 1. The van der Waals surface area contributed by atoms with Crippen LogP contribution in [0.15, 0.2) is 24.4 Å². The van der Waals surface area contributed by atoms with Gasteiger partial charge in [-0.3, -0.25) is 14.7 Å². The summed E-state index contributed by atoms with van der Waals surface area (Å²) >= 11 is 0. The van der Waals surface area contributed by atoms with Crippen LogP contribution in [0.1, 0.15) is 19.8 Å². The van der Waals surface area contributed by atoms with E-state index >= 15 is 0 Å². The zero-order chi connectivity index (χ0) is 15.7. The standard InChI is InChI=1S/C15H18N4O3/c1-9(20)15(22)19-6-2-3-13(19)14(21)17-11-4-5-12-10(7-11)8-16-18-12/h4-5,7-9,13,20H,2-3,6H2,1H3,(H,16,18)(H,17,21)/t9-,13-/m1/s1. The molecule has 1 aliphatic rings. The van der Waals surface area contributed by atoms with E-state index in [9.17, 15) is 14.7 Å². The highest BCUT2D eigenvalue weighted by Crippen LogP contribution is 2.22. The monoisotopic (exact) mass is 302 g/mol. The van der Waals surface area contributed by atoms with Crippen molar-refractivity contribution < 1.29 is 14.7 Å². The van der Waals surface area contributed by atoms with Crippen molar-refractivity contribution in [2.24, 2.45) is 0 Å². The summed E-state index contributed by atoms with van der Waals surface area (Å²) in [6, 6.07) is 4.92. The van der Waals surface area contributed by atoms with Crippen molar-refractivity contribution in [1.29, 1.82) is 0 Å². The maximum Gasteiger partial charge on any atom is 0.251 e. The minimum atomic E-state index is -1.09. The number of aromatic nitrogens is 2. The van der Waals surface area contributed by atoms with Crippen LogP contribution in [-0.2, 0) is 9.59 Å². The normalized spacial score (nSPS) is 19.4. The van der Waals surface area contributed by atoms with Gasteiger partial charge in [-0.1, -0.05) is 0 Å². The van der Waals surface area contributed by atoms with Gasteiger partial charge in [0.2, 0.25) is 5.91 Å². The Morgan fingerprint density at radius 1 is 1.50 bits per heavy atom. The molecule has 0 aliphatic carbocycles. The highest BCUT2D eigenvalue weighted by atomic mass is 16.3. The molecule has 2 aromatic rings. The minimum Gasteiger partial charge on any atom is -0.384 e. The van der Waals surface area contributed by atoms with Gasteiger partial charge in [0.1, 0.15) is 12.1 Å². The molecule has 22 heavy (non-hydrogen) atoms. The predicted molar refractivity (Wildman–Crippen MR) is 81.1 cm³/mol. The summed E-state index contributed by atoms with van der Waals surface area (Å²) < 4.78 is 0. The van der Waals surface area contributed by atoms with Crippen molar-refractivity contribution in [3.63, 3.8) is 0 Å². The molecule has 0 unspecified atom stereocenters. The molecule has 2 amide bonds. The van der Waals surface area contributed by atoms with Gasteiger partial charge in [0.25, 0.3) is 5.91 Å². The summed E-state index contributed by atoms with van der Waals surface area (Å²) in [4.78, 5) is 25.8. The fraction of sp³-hybridized carbons (Fsp3) is 0.400. The maximum atomic E-state index is 12.4. The number of aromatic amines is 1. The van der Waals surface area contributed by atoms with Crippen LogP contribution in [0.2, 0.25) is 0 Å². The van der Waals surface area contributed by atoms with Gasteiger partial charge < -0.3 is 15.3 Å². The molecule has 1 saturated heterocycles. The number of H-pyrrole nitrogens is 1. The van der Waals surface area contributed by atoms with E-state index in [1.807, 2.05) is 12.1 Å². The van der Waals surface area contributed by atoms with Gasteiger partial charge >= 0.3 is 0 Å². The average molecular weight is 302 g/mol. The number of hydrogen-bond acceptors (Lipinski definition) is 4. The molecule has 3 N–H and O–H groups in total. The number of fused-ring (bicyclic) bond motifs is 1. The molecule has 1 fully saturated rings. The third-order valence-electron chi connectivity index (χ3n) is 3.90. The molecule has 0 spiro atoms. The van der Waals surface area contributed by atoms with Crippen molar-refractivity contribution in [2.75, 3.05) is 11.9 Å². The summed E-state index contributed by atoms with van der Waals surface area (Å²) in [5, 5.41) is 20.0. The minimum absolute atomic E-state index is 0.227. The Morgan fingerprint density at radius 2 is 2.32 bits per heavy atom. The van der Waals surface area contributed by atoms with Crippen molar-refractivity contribution in [1.82, 2.24) is 15.1 Å². The lowest BCUT2D eigenvalue weighted by Gasteiger charge is -2.25. The number of aliphatic hydroxyl groups excluding tert-OH is 1. The molecule has 3 rings (SSSR count). The molecule has 7 heteroatoms. The molecule has 1 aromatic heterocycles. The molecular weight excluding hydrogens is 284 g/mol. The summed E-state index contributed by atoms with van der Waals surface area (Å²) in [5.41, 5.74) is 1.56. The number of aliphatic hydroxyl groups is 1. The van der Waals surface area contributed by atoms with Crippen LogP contribution < -0.4 is 5.32 Å². The van der Waals surface area contributed by atoms with E-state index in [-0.39, 0.29) is 5.91 Å². The van der Waals surface area contributed by atoms with Gasteiger partial charge in [-0.2, -0.15) is 5.10 Å². The van der Waals surface area contributed by atoms with Crippen molar-refractivity contribution >= 4 is 28.4 Å². The van der Waals surface area contributed by atoms with Gasteiger partial charge in [-0.05, 0) is 38.0 Å². The molecule has 0 radical (unpaired) electrons. The summed E-state index contributed by atoms with van der Waals surface area (Å²) in [6.45, 7) is 1.92. The van der Waals surface area contributed by atoms with E-state index < -0.39 is 18.1 Å². The largest absolute Gasteiger partial charge is 0.384 e. The Balaban J connectivity index is 1.74. The number of anilines is 1. The second kappa shape index (κ2) is 5.76. The van der Waals surface area contributed by atoms with Crippen molar-refractivity contribution in [3.8, 4) is 0 Å². The average Bonchev–Trinajstić information content (AvgIpc) is 3.14. The number of hydrogen-bond donors (Lipinski definition) is 3. The molecule has 2 heterocycles. The molecule has 0 bridgehead atoms. The topological polar surface area (TPSA) is 98.3 Å². The molecule has 0 saturated carbocycles. The van der Waals surface area contributed by atoms with E-state index in [0.29, 0.717) is 18.7 Å². The van der Waals surface area contributed by atoms with Gasteiger partial charge in [-0.15, -0.1) is 0 Å². The predicted octanol–water partition coefficient (Wildman–Crippen LogP) is 0.873. The van der Waals surface area contributed by atoms with Crippen LogP contribution in [-0.4, -0.2) is 50.7 Å². The SMILES string of the molecule is C[C@@H](O)C(=O)N1CCC[C@@H]1C(=O)Nc1ccc2[nH]ncc2c1. The van der Waals surface area contributed by atoms with Gasteiger partial charge in [-0.25, -0.2) is 0 Å². The number of rotatable bonds is 3. The van der Waals surface area contributed by atoms with Crippen LogP contribution >= 0.6 is 0 Å². The van der Waals surface area contributed by atoms with Gasteiger partial charge in [0.05, 0.1) is 11.7 Å². The Labute approximate surface area is 127 Å². The van der Waals surface area contributed by atoms with E-state index in [1.165, 1.54) is 11.8 Å². The number of carbonyl (C=O) groups excluding carboxylic acids is 2. The highest BCUT2D eigenvalue weighted by Gasteiger charge is 2.35. The first kappa shape index (κ1) is 14.5. The lowest BCUT2D eigenvalue weighted by molar-refractivity contribution is -0.143. The third-order valence-corrected chi connectivity index (χ3v) is 3.90. The zero-order valence-electron chi connectivity index (χ0n) is 12.2. The number of nitrogens with zero attached hydrogens (tertiary/aromatic N) is 2. The van der Waals surface area contributed by atoms with Gasteiger partial charge in [0.15, 0.2) is 0 Å². The molecule has 1 aromatic carbocycles. The second-order valence-corrected chi connectivity index (χ2v) is 5.53. The number of likely N-dealkylation sites (tertiary alicyclic amines) is 1. The highest BCUT2D eigenvalue weighted by molar-refractivity contribution is 5.99. The molecule has 116 valence electrons. The molecule has 7 nitrogen and oxygen atoms in total. The zero-order valence-corrected chi connectivity index (χ0v) is 12.2. The van der Waals surface area contributed by atoms with E-state index in [1.54, 1.807) is 12.3 Å². The fourth-order valence-electron chi connectivity index (χ4n) is 2.79. The summed E-state index contributed by atoms with van der Waals surface area (Å²) in [5.74, 6) is -0.628. The quantitative estimate of drug-likeness (QED) is 0.783. The molecular formula is C15H18N4O3. The fourth-order valence-corrected chi connectivity index (χ4v) is 2.79. The van der Waals surface area contributed by atoms with Crippen LogP contribution in [0, 0.1) is 0 Å². The Bertz CT molecular complexity index is 710. The van der Waals surface area contributed by atoms with Crippen LogP contribution in [0.25, 0.3) is 10.9 Å². The van der Waals surface area contributed by atoms with Gasteiger partial charge in [0, 0.05) is 17.6 Å². The van der Waals surface area contributed by atoms with Crippen molar-refractivity contribution in [3.05, 3.63) is 24.4 Å². The summed E-state index contributed by atoms with van der Waals surface area (Å²) in [7, 11) is 0. The van der Waals surface area contributed by atoms with Crippen LogP contribution in [0.3, 0.4) is 0 Å². The van der Waals surface area contributed by atoms with E-state index in [4.69, 9.17) is 0 Å². The Morgan fingerprint density at radius 3 is 3.09 bits per heavy atom. The van der Waals surface area contributed by atoms with Crippen LogP contribution in [0.5, 0.6) is 0 Å². The van der Waals surface area contributed by atoms with Crippen molar-refractivity contribution in [2.45, 2.75) is 31.9 Å². The summed E-state index contributed by atoms with van der Waals surface area (Å²) in [6.07, 6.45) is 1.97. The van der Waals surface area contributed by atoms with Crippen LogP contribution in [0.4, 0.5) is 5.69 Å². The first-order chi connectivity index (χ1) is 10.6. The Kier molecular flexibility index (Phi) is 3.81. The number of amides is 2. The number of carbonyl (C=O) groups is 2. The first-order valence-corrected chi connectivity index (χ1v) is 7.29. The third kappa shape index (κ3) is 2.67. The molecule has 2 atom stereocenters. The maximum absolute atomic E-state index is 12.4. The Hall–Kier alpha value is -2.41. The smallest absolute Gasteiger partial charge is 0.251 e. The first-order valence-electron chi connectivity index (χ1n) is 7.29. The van der Waals surface area contributed by atoms with E-state index in [2.05, 4.69) is 15.5 Å². The molecule has 1 aliphatic heterocycles. The lowest BCUT2D eigenvalue weighted by Crippen LogP contribution is -2.46. The second-order valence-electron chi connectivity index (χ2n) is 5.53. The lowest BCUT2D eigenvalue weighted by atomic mass is 10.1. The number of nitrogens with one attached hydrogen (secondary N) is 2. The van der Waals surface area contributed by atoms with E-state index in [0.717, 1.165) is 17.3 Å².